The summed E-state index contributed by atoms with van der Waals surface area (Å²) in [6, 6.07) is 11.7. The zero-order chi connectivity index (χ0) is 18.1. The lowest BCUT2D eigenvalue weighted by Gasteiger charge is -2.31. The lowest BCUT2D eigenvalue weighted by atomic mass is 9.85. The fraction of sp³-hybridized carbons (Fsp3) is 0.421. The van der Waals surface area contributed by atoms with Gasteiger partial charge in [-0.25, -0.2) is 4.68 Å². The highest BCUT2D eigenvalue weighted by molar-refractivity contribution is 5.92. The Labute approximate surface area is 152 Å². The average molecular weight is 353 g/mol. The molecule has 2 amide bonds. The van der Waals surface area contributed by atoms with Gasteiger partial charge >= 0.3 is 0 Å². The Morgan fingerprint density at radius 2 is 2.04 bits per heavy atom. The fourth-order valence-electron chi connectivity index (χ4n) is 3.32. The van der Waals surface area contributed by atoms with Gasteiger partial charge in [0.05, 0.1) is 5.69 Å². The molecule has 0 bridgehead atoms. The van der Waals surface area contributed by atoms with Crippen LogP contribution in [0.2, 0.25) is 0 Å². The van der Waals surface area contributed by atoms with Gasteiger partial charge in [0.25, 0.3) is 0 Å². The molecular weight excluding hydrogens is 330 g/mol. The molecule has 3 N–H and O–H groups in total. The molecule has 26 heavy (non-hydrogen) atoms. The highest BCUT2D eigenvalue weighted by atomic mass is 16.2. The number of aromatic nitrogens is 2. The van der Waals surface area contributed by atoms with E-state index in [0.717, 1.165) is 30.5 Å². The van der Waals surface area contributed by atoms with Crippen molar-refractivity contribution in [3.05, 3.63) is 36.4 Å². The molecule has 1 aromatic carbocycles. The van der Waals surface area contributed by atoms with Crippen LogP contribution in [0, 0.1) is 5.92 Å². The van der Waals surface area contributed by atoms with Crippen LogP contribution in [0.25, 0.3) is 11.3 Å². The first-order chi connectivity index (χ1) is 12.6. The number of benzene rings is 1. The third kappa shape index (κ3) is 3.35. The summed E-state index contributed by atoms with van der Waals surface area (Å²) in [5.41, 5.74) is 1.71. The maximum absolute atomic E-state index is 12.4. The molecule has 7 nitrogen and oxygen atoms in total. The van der Waals surface area contributed by atoms with E-state index in [-0.39, 0.29) is 23.8 Å². The highest BCUT2D eigenvalue weighted by Crippen LogP contribution is 2.29. The maximum atomic E-state index is 12.4. The fourth-order valence-corrected chi connectivity index (χ4v) is 3.32. The van der Waals surface area contributed by atoms with E-state index in [2.05, 4.69) is 21.0 Å². The second-order valence-electron chi connectivity index (χ2n) is 7.08. The van der Waals surface area contributed by atoms with Crippen LogP contribution >= 0.6 is 0 Å². The van der Waals surface area contributed by atoms with Gasteiger partial charge in [-0.15, -0.1) is 0 Å². The molecule has 2 aromatic rings. The molecule has 1 aliphatic heterocycles. The lowest BCUT2D eigenvalue weighted by Crippen LogP contribution is -2.52. The van der Waals surface area contributed by atoms with E-state index in [1.165, 1.54) is 0 Å². The third-order valence-electron chi connectivity index (χ3n) is 5.01. The summed E-state index contributed by atoms with van der Waals surface area (Å²) in [6.07, 6.45) is 2.90. The van der Waals surface area contributed by atoms with Gasteiger partial charge in [-0.3, -0.25) is 14.9 Å². The first-order valence-corrected chi connectivity index (χ1v) is 9.11. The summed E-state index contributed by atoms with van der Waals surface area (Å²) < 4.78 is 1.66. The number of hydrogen-bond acceptors (Lipinski definition) is 4. The molecule has 0 spiro atoms. The second-order valence-corrected chi connectivity index (χ2v) is 7.08. The average Bonchev–Trinajstić information content (AvgIpc) is 2.97. The Morgan fingerprint density at radius 3 is 2.69 bits per heavy atom. The van der Waals surface area contributed by atoms with Crippen molar-refractivity contribution in [2.45, 2.75) is 44.9 Å². The van der Waals surface area contributed by atoms with Gasteiger partial charge in [-0.2, -0.15) is 5.10 Å². The molecule has 2 unspecified atom stereocenters. The topological polar surface area (TPSA) is 88.1 Å². The summed E-state index contributed by atoms with van der Waals surface area (Å²) in [5, 5.41) is 13.9. The Bertz CT molecular complexity index is 813. The molecule has 1 aromatic heterocycles. The van der Waals surface area contributed by atoms with E-state index >= 15 is 0 Å². The number of amides is 2. The van der Waals surface area contributed by atoms with Crippen LogP contribution in [0.15, 0.2) is 36.4 Å². The van der Waals surface area contributed by atoms with Crippen molar-refractivity contribution in [3.8, 4) is 11.3 Å². The first-order valence-electron chi connectivity index (χ1n) is 9.11. The predicted octanol–water partition coefficient (Wildman–Crippen LogP) is 2.24. The maximum Gasteiger partial charge on any atom is 0.228 e. The molecule has 136 valence electrons. The molecular formula is C19H23N5O2. The van der Waals surface area contributed by atoms with Crippen LogP contribution in [0.5, 0.6) is 0 Å². The number of carbonyl (C=O) groups is 2. The zero-order valence-electron chi connectivity index (χ0n) is 14.7. The van der Waals surface area contributed by atoms with E-state index in [1.807, 2.05) is 43.3 Å². The van der Waals surface area contributed by atoms with E-state index in [4.69, 9.17) is 0 Å². The van der Waals surface area contributed by atoms with Crippen molar-refractivity contribution in [3.63, 3.8) is 0 Å². The van der Waals surface area contributed by atoms with Crippen LogP contribution < -0.4 is 16.0 Å². The molecule has 1 saturated heterocycles. The number of nitrogens with zero attached hydrogens (tertiary/aromatic N) is 2. The SMILES string of the molecule is CC1CC(=O)NC(n2nc(-c3ccccc3)cc2NC(=O)C2CCC2)N1. The number of carbonyl (C=O) groups excluding carboxylic acids is 2. The van der Waals surface area contributed by atoms with E-state index in [1.54, 1.807) is 4.68 Å². The highest BCUT2D eigenvalue weighted by Gasteiger charge is 2.30. The van der Waals surface area contributed by atoms with Gasteiger partial charge in [-0.05, 0) is 19.8 Å². The van der Waals surface area contributed by atoms with Crippen LogP contribution in [-0.4, -0.2) is 27.6 Å². The monoisotopic (exact) mass is 353 g/mol. The van der Waals surface area contributed by atoms with Gasteiger partial charge in [0.1, 0.15) is 5.82 Å². The van der Waals surface area contributed by atoms with Crippen LogP contribution in [0.3, 0.4) is 0 Å². The smallest absolute Gasteiger partial charge is 0.228 e. The van der Waals surface area contributed by atoms with Gasteiger partial charge in [0, 0.05) is 30.0 Å². The van der Waals surface area contributed by atoms with Crippen molar-refractivity contribution in [2.24, 2.45) is 5.92 Å². The van der Waals surface area contributed by atoms with Gasteiger partial charge in [-0.1, -0.05) is 36.8 Å². The van der Waals surface area contributed by atoms with Crippen molar-refractivity contribution in [1.82, 2.24) is 20.4 Å². The summed E-state index contributed by atoms with van der Waals surface area (Å²) in [5.74, 6) is 0.653. The van der Waals surface area contributed by atoms with Crippen molar-refractivity contribution in [1.29, 1.82) is 0 Å². The molecule has 4 rings (SSSR count). The molecule has 2 atom stereocenters. The first kappa shape index (κ1) is 16.8. The van der Waals surface area contributed by atoms with Gasteiger partial charge in [0.15, 0.2) is 6.29 Å². The standard InChI is InChI=1S/C19H23N5O2/c1-12-10-17(25)22-19(20-12)24-16(21-18(26)14-8-5-9-14)11-15(23-24)13-6-3-2-4-7-13/h2-4,6-7,11-12,14,19-20H,5,8-10H2,1H3,(H,21,26)(H,22,25). The molecule has 7 heteroatoms. The zero-order valence-corrected chi connectivity index (χ0v) is 14.7. The number of hydrogen-bond donors (Lipinski definition) is 3. The third-order valence-corrected chi connectivity index (χ3v) is 5.01. The summed E-state index contributed by atoms with van der Waals surface area (Å²) in [4.78, 5) is 24.4. The molecule has 1 saturated carbocycles. The van der Waals surface area contributed by atoms with Crippen LogP contribution in [0.1, 0.15) is 38.9 Å². The van der Waals surface area contributed by atoms with Crippen molar-refractivity contribution < 1.29 is 9.59 Å². The largest absolute Gasteiger partial charge is 0.322 e. The molecule has 2 aliphatic rings. The minimum atomic E-state index is -0.486. The number of nitrogens with one attached hydrogen (secondary N) is 3. The molecule has 2 heterocycles. The normalized spacial score (nSPS) is 23.2. The molecule has 0 radical (unpaired) electrons. The van der Waals surface area contributed by atoms with Crippen molar-refractivity contribution in [2.75, 3.05) is 5.32 Å². The lowest BCUT2D eigenvalue weighted by molar-refractivity contribution is -0.125. The van der Waals surface area contributed by atoms with Crippen molar-refractivity contribution >= 4 is 17.6 Å². The minimum absolute atomic E-state index is 0.0206. The quantitative estimate of drug-likeness (QED) is 0.787. The Morgan fingerprint density at radius 1 is 1.27 bits per heavy atom. The van der Waals surface area contributed by atoms with Crippen LogP contribution in [-0.2, 0) is 9.59 Å². The summed E-state index contributed by atoms with van der Waals surface area (Å²) in [7, 11) is 0. The molecule has 1 aliphatic carbocycles. The number of rotatable bonds is 4. The summed E-state index contributed by atoms with van der Waals surface area (Å²) in [6.45, 7) is 1.96. The molecule has 2 fully saturated rings. The van der Waals surface area contributed by atoms with E-state index < -0.39 is 6.29 Å². The number of anilines is 1. The summed E-state index contributed by atoms with van der Waals surface area (Å²) >= 11 is 0. The van der Waals surface area contributed by atoms with Crippen LogP contribution in [0.4, 0.5) is 5.82 Å². The minimum Gasteiger partial charge on any atom is -0.322 e. The van der Waals surface area contributed by atoms with Gasteiger partial charge < -0.3 is 10.6 Å². The Hall–Kier alpha value is -2.67. The Balaban J connectivity index is 1.66. The predicted molar refractivity (Wildman–Crippen MR) is 98.0 cm³/mol. The van der Waals surface area contributed by atoms with E-state index in [9.17, 15) is 9.59 Å². The second kappa shape index (κ2) is 6.92. The van der Waals surface area contributed by atoms with E-state index in [0.29, 0.717) is 12.2 Å². The van der Waals surface area contributed by atoms with Gasteiger partial charge in [0.2, 0.25) is 11.8 Å². The Kier molecular flexibility index (Phi) is 4.46.